The van der Waals surface area contributed by atoms with Crippen LogP contribution in [0.25, 0.3) is 0 Å². The molecule has 0 aromatic heterocycles. The summed E-state index contributed by atoms with van der Waals surface area (Å²) in [4.78, 5) is 11.1. The maximum Gasteiger partial charge on any atom is 0.323 e. The van der Waals surface area contributed by atoms with E-state index in [1.165, 1.54) is 17.9 Å². The van der Waals surface area contributed by atoms with Gasteiger partial charge in [0.1, 0.15) is 6.04 Å². The molecule has 0 radical (unpaired) electrons. The Morgan fingerprint density at radius 3 is 3.08 bits per heavy atom. The molecule has 0 bridgehead atoms. The predicted molar refractivity (Wildman–Crippen MR) is 52.8 cm³/mol. The van der Waals surface area contributed by atoms with Crippen LogP contribution >= 0.6 is 11.8 Å². The van der Waals surface area contributed by atoms with Gasteiger partial charge in [0.25, 0.3) is 0 Å². The van der Waals surface area contributed by atoms with Crippen molar-refractivity contribution < 1.29 is 9.53 Å². The number of carbonyl (C=O) groups excluding carboxylic acids is 1. The molecule has 4 heteroatoms. The van der Waals surface area contributed by atoms with Gasteiger partial charge in [0.15, 0.2) is 0 Å². The van der Waals surface area contributed by atoms with Crippen molar-refractivity contribution in [2.75, 3.05) is 24.7 Å². The first kappa shape index (κ1) is 9.34. The van der Waals surface area contributed by atoms with Gasteiger partial charge in [0.2, 0.25) is 0 Å². The molecule has 2 aliphatic rings. The SMILES string of the molecule is O=C1OCCC1NCC1CCSC1. The molecule has 13 heavy (non-hydrogen) atoms. The lowest BCUT2D eigenvalue weighted by atomic mass is 10.1. The topological polar surface area (TPSA) is 38.3 Å². The van der Waals surface area contributed by atoms with Crippen molar-refractivity contribution in [3.05, 3.63) is 0 Å². The highest BCUT2D eigenvalue weighted by atomic mass is 32.2. The van der Waals surface area contributed by atoms with Crippen molar-refractivity contribution in [2.45, 2.75) is 18.9 Å². The molecule has 0 aliphatic carbocycles. The van der Waals surface area contributed by atoms with Gasteiger partial charge < -0.3 is 10.1 Å². The van der Waals surface area contributed by atoms with E-state index in [2.05, 4.69) is 5.32 Å². The zero-order chi connectivity index (χ0) is 9.10. The zero-order valence-electron chi connectivity index (χ0n) is 7.62. The van der Waals surface area contributed by atoms with Crippen LogP contribution in [0, 0.1) is 5.92 Å². The van der Waals surface area contributed by atoms with Gasteiger partial charge in [0, 0.05) is 6.42 Å². The van der Waals surface area contributed by atoms with Crippen LogP contribution in [0.4, 0.5) is 0 Å². The zero-order valence-corrected chi connectivity index (χ0v) is 8.44. The fourth-order valence-corrected chi connectivity index (χ4v) is 3.02. The summed E-state index contributed by atoms with van der Waals surface area (Å²) in [6.45, 7) is 1.57. The van der Waals surface area contributed by atoms with E-state index in [0.717, 1.165) is 18.9 Å². The number of ether oxygens (including phenoxy) is 1. The Hall–Kier alpha value is -0.220. The predicted octanol–water partition coefficient (Wildman–Crippen LogP) is 0.645. The highest BCUT2D eigenvalue weighted by Crippen LogP contribution is 2.22. The monoisotopic (exact) mass is 201 g/mol. The van der Waals surface area contributed by atoms with Crippen molar-refractivity contribution in [1.29, 1.82) is 0 Å². The van der Waals surface area contributed by atoms with E-state index in [-0.39, 0.29) is 12.0 Å². The lowest BCUT2D eigenvalue weighted by Crippen LogP contribution is -2.36. The molecule has 0 spiro atoms. The third-order valence-electron chi connectivity index (χ3n) is 2.61. The Kier molecular flexibility index (Phi) is 3.11. The number of carbonyl (C=O) groups is 1. The standard InChI is InChI=1S/C9H15NO2S/c11-9-8(1-3-12-9)10-5-7-2-4-13-6-7/h7-8,10H,1-6H2. The number of hydrogen-bond donors (Lipinski definition) is 1. The fraction of sp³-hybridized carbons (Fsp3) is 0.889. The molecule has 2 fully saturated rings. The van der Waals surface area contributed by atoms with Gasteiger partial charge in [-0.15, -0.1) is 0 Å². The van der Waals surface area contributed by atoms with E-state index < -0.39 is 0 Å². The Balaban J connectivity index is 1.69. The molecule has 0 aromatic rings. The molecule has 3 nitrogen and oxygen atoms in total. The lowest BCUT2D eigenvalue weighted by molar-refractivity contribution is -0.139. The minimum Gasteiger partial charge on any atom is -0.464 e. The summed E-state index contributed by atoms with van der Waals surface area (Å²) in [6, 6.07) is -0.0226. The smallest absolute Gasteiger partial charge is 0.323 e. The summed E-state index contributed by atoms with van der Waals surface area (Å²) in [5.74, 6) is 3.22. The molecular formula is C9H15NO2S. The molecule has 0 aromatic carbocycles. The van der Waals surface area contributed by atoms with Crippen LogP contribution in [0.3, 0.4) is 0 Å². The second kappa shape index (κ2) is 4.33. The van der Waals surface area contributed by atoms with Crippen LogP contribution in [0.5, 0.6) is 0 Å². The largest absolute Gasteiger partial charge is 0.464 e. The summed E-state index contributed by atoms with van der Waals surface area (Å²) < 4.78 is 4.87. The number of nitrogens with one attached hydrogen (secondary N) is 1. The van der Waals surface area contributed by atoms with Gasteiger partial charge in [-0.1, -0.05) is 0 Å². The number of hydrogen-bond acceptors (Lipinski definition) is 4. The minimum absolute atomic E-state index is 0.0226. The Labute approximate surface area is 82.6 Å². The van der Waals surface area contributed by atoms with E-state index in [1.54, 1.807) is 0 Å². The average molecular weight is 201 g/mol. The fourth-order valence-electron chi connectivity index (χ4n) is 1.73. The van der Waals surface area contributed by atoms with E-state index in [0.29, 0.717) is 6.61 Å². The normalized spacial score (nSPS) is 33.7. The molecule has 0 amide bonds. The van der Waals surface area contributed by atoms with Crippen LogP contribution in [0.15, 0.2) is 0 Å². The molecule has 2 saturated heterocycles. The van der Waals surface area contributed by atoms with Gasteiger partial charge in [-0.2, -0.15) is 11.8 Å². The van der Waals surface area contributed by atoms with Crippen LogP contribution in [-0.2, 0) is 9.53 Å². The van der Waals surface area contributed by atoms with E-state index in [9.17, 15) is 4.79 Å². The number of esters is 1. The first-order valence-electron chi connectivity index (χ1n) is 4.84. The molecule has 0 saturated carbocycles. The maximum atomic E-state index is 11.1. The second-order valence-electron chi connectivity index (χ2n) is 3.65. The van der Waals surface area contributed by atoms with Crippen LogP contribution in [0.1, 0.15) is 12.8 Å². The van der Waals surface area contributed by atoms with Crippen LogP contribution < -0.4 is 5.32 Å². The molecule has 74 valence electrons. The summed E-state index contributed by atoms with van der Waals surface area (Å²) in [5.41, 5.74) is 0. The molecular weight excluding hydrogens is 186 g/mol. The van der Waals surface area contributed by atoms with Gasteiger partial charge >= 0.3 is 5.97 Å². The second-order valence-corrected chi connectivity index (χ2v) is 4.80. The van der Waals surface area contributed by atoms with Crippen LogP contribution in [0.2, 0.25) is 0 Å². The summed E-state index contributed by atoms with van der Waals surface area (Å²) in [7, 11) is 0. The quantitative estimate of drug-likeness (QED) is 0.680. The van der Waals surface area contributed by atoms with Crippen molar-refractivity contribution in [1.82, 2.24) is 5.32 Å². The van der Waals surface area contributed by atoms with Gasteiger partial charge in [-0.3, -0.25) is 4.79 Å². The molecule has 2 atom stereocenters. The lowest BCUT2D eigenvalue weighted by Gasteiger charge is -2.12. The molecule has 2 unspecified atom stereocenters. The third kappa shape index (κ3) is 2.38. The van der Waals surface area contributed by atoms with Gasteiger partial charge in [-0.05, 0) is 30.4 Å². The van der Waals surface area contributed by atoms with Crippen molar-refractivity contribution in [3.63, 3.8) is 0 Å². The van der Waals surface area contributed by atoms with Crippen LogP contribution in [-0.4, -0.2) is 36.7 Å². The Morgan fingerprint density at radius 2 is 2.46 bits per heavy atom. The number of thioether (sulfide) groups is 1. The molecule has 2 rings (SSSR count). The summed E-state index contributed by atoms with van der Waals surface area (Å²) in [6.07, 6.45) is 2.14. The number of cyclic esters (lactones) is 1. The summed E-state index contributed by atoms with van der Waals surface area (Å²) in [5, 5.41) is 3.29. The average Bonchev–Trinajstić information content (AvgIpc) is 2.72. The van der Waals surface area contributed by atoms with Crippen molar-refractivity contribution in [3.8, 4) is 0 Å². The van der Waals surface area contributed by atoms with Gasteiger partial charge in [0.05, 0.1) is 6.61 Å². The number of rotatable bonds is 3. The Bertz CT molecular complexity index is 192. The molecule has 2 aliphatic heterocycles. The first-order chi connectivity index (χ1) is 6.36. The third-order valence-corrected chi connectivity index (χ3v) is 3.84. The Morgan fingerprint density at radius 1 is 1.54 bits per heavy atom. The molecule has 1 N–H and O–H groups in total. The maximum absolute atomic E-state index is 11.1. The van der Waals surface area contributed by atoms with Crippen molar-refractivity contribution >= 4 is 17.7 Å². The van der Waals surface area contributed by atoms with E-state index in [1.807, 2.05) is 11.8 Å². The summed E-state index contributed by atoms with van der Waals surface area (Å²) >= 11 is 2.01. The highest BCUT2D eigenvalue weighted by Gasteiger charge is 2.27. The minimum atomic E-state index is -0.0642. The highest BCUT2D eigenvalue weighted by molar-refractivity contribution is 7.99. The van der Waals surface area contributed by atoms with Gasteiger partial charge in [-0.25, -0.2) is 0 Å². The van der Waals surface area contributed by atoms with Crippen molar-refractivity contribution in [2.24, 2.45) is 5.92 Å². The molecule has 2 heterocycles. The van der Waals surface area contributed by atoms with E-state index >= 15 is 0 Å². The van der Waals surface area contributed by atoms with E-state index in [4.69, 9.17) is 4.74 Å². The first-order valence-corrected chi connectivity index (χ1v) is 5.99.